The summed E-state index contributed by atoms with van der Waals surface area (Å²) < 4.78 is 5.79. The molecule has 3 aliphatic rings. The molecule has 0 N–H and O–H groups in total. The Kier molecular flexibility index (Phi) is 7.44. The minimum atomic E-state index is 0.0859. The van der Waals surface area contributed by atoms with Gasteiger partial charge in [-0.3, -0.25) is 9.69 Å². The maximum Gasteiger partial charge on any atom is 0.253 e. The number of rotatable bonds is 5. The SMILES string of the molecule is CC(C)(C)c1ccc(C(=O)N2CCN(c3ccc(N4CCN(CC5CCCO5)CC4)nn3)CC2)cc1. The summed E-state index contributed by atoms with van der Waals surface area (Å²) in [7, 11) is 0. The highest BCUT2D eigenvalue weighted by molar-refractivity contribution is 5.94. The van der Waals surface area contributed by atoms with Crippen LogP contribution in [0.4, 0.5) is 11.6 Å². The molecular weight excluding hydrogens is 452 g/mol. The molecule has 36 heavy (non-hydrogen) atoms. The van der Waals surface area contributed by atoms with Gasteiger partial charge in [-0.05, 0) is 48.1 Å². The number of piperazine rings is 2. The van der Waals surface area contributed by atoms with Crippen LogP contribution in [0.5, 0.6) is 0 Å². The summed E-state index contributed by atoms with van der Waals surface area (Å²) in [6.07, 6.45) is 2.81. The predicted octanol–water partition coefficient (Wildman–Crippen LogP) is 3.04. The fourth-order valence-electron chi connectivity index (χ4n) is 5.33. The number of benzene rings is 1. The first-order valence-corrected chi connectivity index (χ1v) is 13.4. The number of ether oxygens (including phenoxy) is 1. The first kappa shape index (κ1) is 25.0. The molecule has 3 saturated heterocycles. The molecule has 0 aliphatic carbocycles. The number of nitrogens with zero attached hydrogens (tertiary/aromatic N) is 6. The molecule has 5 rings (SSSR count). The van der Waals surface area contributed by atoms with Crippen LogP contribution in [0.15, 0.2) is 36.4 Å². The highest BCUT2D eigenvalue weighted by atomic mass is 16.5. The molecular formula is C28H40N6O2. The van der Waals surface area contributed by atoms with Crippen molar-refractivity contribution in [2.24, 2.45) is 0 Å². The van der Waals surface area contributed by atoms with Gasteiger partial charge in [-0.2, -0.15) is 0 Å². The van der Waals surface area contributed by atoms with Crippen molar-refractivity contribution in [2.75, 3.05) is 75.3 Å². The lowest BCUT2D eigenvalue weighted by Crippen LogP contribution is -2.49. The Morgan fingerprint density at radius 3 is 1.94 bits per heavy atom. The molecule has 4 heterocycles. The largest absolute Gasteiger partial charge is 0.377 e. The van der Waals surface area contributed by atoms with Gasteiger partial charge < -0.3 is 19.4 Å². The molecule has 1 unspecified atom stereocenters. The van der Waals surface area contributed by atoms with Gasteiger partial charge in [0.2, 0.25) is 0 Å². The van der Waals surface area contributed by atoms with Crippen molar-refractivity contribution in [1.29, 1.82) is 0 Å². The van der Waals surface area contributed by atoms with Gasteiger partial charge in [0.05, 0.1) is 6.10 Å². The van der Waals surface area contributed by atoms with E-state index < -0.39 is 0 Å². The van der Waals surface area contributed by atoms with Crippen LogP contribution in [0.25, 0.3) is 0 Å². The first-order valence-electron chi connectivity index (χ1n) is 13.4. The van der Waals surface area contributed by atoms with Crippen LogP contribution in [0, 0.1) is 0 Å². The van der Waals surface area contributed by atoms with Crippen molar-refractivity contribution >= 4 is 17.5 Å². The normalized spacial score (nSPS) is 21.8. The van der Waals surface area contributed by atoms with Gasteiger partial charge in [0.25, 0.3) is 5.91 Å². The smallest absolute Gasteiger partial charge is 0.253 e. The summed E-state index contributed by atoms with van der Waals surface area (Å²) in [4.78, 5) is 22.0. The summed E-state index contributed by atoms with van der Waals surface area (Å²) in [5.74, 6) is 1.94. The molecule has 8 nitrogen and oxygen atoms in total. The van der Waals surface area contributed by atoms with Gasteiger partial charge in [0.15, 0.2) is 11.6 Å². The molecule has 1 atom stereocenters. The first-order chi connectivity index (χ1) is 17.4. The maximum atomic E-state index is 13.0. The molecule has 1 aromatic heterocycles. The van der Waals surface area contributed by atoms with Gasteiger partial charge in [0.1, 0.15) is 0 Å². The average Bonchev–Trinajstić information content (AvgIpc) is 3.42. The lowest BCUT2D eigenvalue weighted by molar-refractivity contribution is 0.0712. The molecule has 3 aliphatic heterocycles. The van der Waals surface area contributed by atoms with Crippen LogP contribution in [-0.2, 0) is 10.2 Å². The van der Waals surface area contributed by atoms with Crippen LogP contribution < -0.4 is 9.80 Å². The van der Waals surface area contributed by atoms with Crippen molar-refractivity contribution in [1.82, 2.24) is 20.0 Å². The zero-order valence-corrected chi connectivity index (χ0v) is 22.0. The van der Waals surface area contributed by atoms with Crippen LogP contribution in [0.2, 0.25) is 0 Å². The molecule has 1 aromatic carbocycles. The molecule has 0 saturated carbocycles. The standard InChI is InChI=1S/C28H40N6O2/c1-28(2,3)23-8-6-22(7-9-23)27(35)34-18-16-33(17-19-34)26-11-10-25(29-30-26)32-14-12-31(13-15-32)21-24-5-4-20-36-24/h6-11,24H,4-5,12-21H2,1-3H3. The van der Waals surface area contributed by atoms with Gasteiger partial charge in [-0.15, -0.1) is 10.2 Å². The maximum absolute atomic E-state index is 13.0. The average molecular weight is 493 g/mol. The lowest BCUT2D eigenvalue weighted by Gasteiger charge is -2.37. The Morgan fingerprint density at radius 1 is 0.861 bits per heavy atom. The number of hydrogen-bond donors (Lipinski definition) is 0. The molecule has 8 heteroatoms. The van der Waals surface area contributed by atoms with Crippen LogP contribution in [0.1, 0.15) is 49.5 Å². The van der Waals surface area contributed by atoms with E-state index in [4.69, 9.17) is 4.74 Å². The minimum Gasteiger partial charge on any atom is -0.377 e. The zero-order valence-electron chi connectivity index (χ0n) is 22.0. The van der Waals surface area contributed by atoms with E-state index in [-0.39, 0.29) is 11.3 Å². The Balaban J connectivity index is 1.10. The van der Waals surface area contributed by atoms with E-state index in [1.165, 1.54) is 18.4 Å². The number of hydrogen-bond acceptors (Lipinski definition) is 7. The van der Waals surface area contributed by atoms with Crippen LogP contribution in [-0.4, -0.2) is 97.5 Å². The van der Waals surface area contributed by atoms with Crippen LogP contribution in [0.3, 0.4) is 0 Å². The fraction of sp³-hybridized carbons (Fsp3) is 0.607. The molecule has 194 valence electrons. The summed E-state index contributed by atoms with van der Waals surface area (Å²) >= 11 is 0. The van der Waals surface area contributed by atoms with E-state index in [0.717, 1.165) is 69.6 Å². The summed E-state index contributed by atoms with van der Waals surface area (Å²) in [5, 5.41) is 9.08. The van der Waals surface area contributed by atoms with E-state index in [9.17, 15) is 4.79 Å². The quantitative estimate of drug-likeness (QED) is 0.636. The third kappa shape index (κ3) is 5.81. The van der Waals surface area contributed by atoms with Crippen molar-refractivity contribution in [3.63, 3.8) is 0 Å². The van der Waals surface area contributed by atoms with E-state index in [1.807, 2.05) is 17.0 Å². The molecule has 0 radical (unpaired) electrons. The second-order valence-electron chi connectivity index (χ2n) is 11.3. The van der Waals surface area contributed by atoms with Crippen LogP contribution >= 0.6 is 0 Å². The summed E-state index contributed by atoms with van der Waals surface area (Å²) in [5.41, 5.74) is 2.09. The lowest BCUT2D eigenvalue weighted by atomic mass is 9.86. The molecule has 3 fully saturated rings. The Morgan fingerprint density at radius 2 is 1.44 bits per heavy atom. The molecule has 0 bridgehead atoms. The van der Waals surface area contributed by atoms with Gasteiger partial charge in [0, 0.05) is 71.1 Å². The third-order valence-corrected chi connectivity index (χ3v) is 7.71. The zero-order chi connectivity index (χ0) is 25.1. The van der Waals surface area contributed by atoms with E-state index in [0.29, 0.717) is 19.2 Å². The number of carbonyl (C=O) groups is 1. The van der Waals surface area contributed by atoms with E-state index >= 15 is 0 Å². The number of aromatic nitrogens is 2. The van der Waals surface area contributed by atoms with Gasteiger partial charge in [-0.25, -0.2) is 0 Å². The summed E-state index contributed by atoms with van der Waals surface area (Å²) in [6.45, 7) is 15.5. The Bertz CT molecular complexity index is 998. The number of amides is 1. The van der Waals surface area contributed by atoms with Gasteiger partial charge >= 0.3 is 0 Å². The molecule has 0 spiro atoms. The monoisotopic (exact) mass is 492 g/mol. The second kappa shape index (κ2) is 10.7. The number of anilines is 2. The Labute approximate surface area is 215 Å². The van der Waals surface area contributed by atoms with Crippen molar-refractivity contribution in [2.45, 2.75) is 45.1 Å². The third-order valence-electron chi connectivity index (χ3n) is 7.71. The predicted molar refractivity (Wildman–Crippen MR) is 143 cm³/mol. The van der Waals surface area contributed by atoms with E-state index in [1.54, 1.807) is 0 Å². The fourth-order valence-corrected chi connectivity index (χ4v) is 5.33. The Hall–Kier alpha value is -2.71. The highest BCUT2D eigenvalue weighted by Gasteiger charge is 2.26. The highest BCUT2D eigenvalue weighted by Crippen LogP contribution is 2.23. The van der Waals surface area contributed by atoms with E-state index in [2.05, 4.69) is 69.9 Å². The molecule has 1 amide bonds. The van der Waals surface area contributed by atoms with Crippen molar-refractivity contribution < 1.29 is 9.53 Å². The summed E-state index contributed by atoms with van der Waals surface area (Å²) in [6, 6.07) is 12.2. The number of carbonyl (C=O) groups excluding carboxylic acids is 1. The second-order valence-corrected chi connectivity index (χ2v) is 11.3. The van der Waals surface area contributed by atoms with Gasteiger partial charge in [-0.1, -0.05) is 32.9 Å². The topological polar surface area (TPSA) is 65.0 Å². The minimum absolute atomic E-state index is 0.0859. The van der Waals surface area contributed by atoms with Crippen molar-refractivity contribution in [3.8, 4) is 0 Å². The molecule has 2 aromatic rings. The van der Waals surface area contributed by atoms with Crippen molar-refractivity contribution in [3.05, 3.63) is 47.5 Å².